The third-order valence-electron chi connectivity index (χ3n) is 1.83. The van der Waals surface area contributed by atoms with Gasteiger partial charge in [-0.15, -0.1) is 0 Å². The molecule has 0 bridgehead atoms. The SMILES string of the molecule is CC1=C(C(N)=O)C(C)C1. The maximum Gasteiger partial charge on any atom is 0.244 e. The predicted molar refractivity (Wildman–Crippen MR) is 35.7 cm³/mol. The zero-order chi connectivity index (χ0) is 7.02. The van der Waals surface area contributed by atoms with E-state index in [1.807, 2.05) is 13.8 Å². The van der Waals surface area contributed by atoms with Crippen LogP contribution in [0.25, 0.3) is 0 Å². The van der Waals surface area contributed by atoms with E-state index in [0.717, 1.165) is 17.6 Å². The van der Waals surface area contributed by atoms with E-state index in [4.69, 9.17) is 5.73 Å². The van der Waals surface area contributed by atoms with Crippen molar-refractivity contribution in [3.8, 4) is 0 Å². The number of hydrogen-bond acceptors (Lipinski definition) is 1. The average molecular weight is 125 g/mol. The van der Waals surface area contributed by atoms with Gasteiger partial charge in [-0.1, -0.05) is 12.5 Å². The van der Waals surface area contributed by atoms with Crippen molar-refractivity contribution in [1.29, 1.82) is 0 Å². The van der Waals surface area contributed by atoms with Crippen LogP contribution >= 0.6 is 0 Å². The summed E-state index contributed by atoms with van der Waals surface area (Å²) in [4.78, 5) is 10.6. The number of rotatable bonds is 1. The molecule has 9 heavy (non-hydrogen) atoms. The molecule has 0 aromatic rings. The molecule has 0 aliphatic heterocycles. The first-order valence-corrected chi connectivity index (χ1v) is 3.12. The Morgan fingerprint density at radius 2 is 2.33 bits per heavy atom. The molecular weight excluding hydrogens is 114 g/mol. The molecule has 0 aromatic carbocycles. The number of nitrogens with two attached hydrogens (primary N) is 1. The number of primary amides is 1. The van der Waals surface area contributed by atoms with Crippen molar-refractivity contribution in [1.82, 2.24) is 0 Å². The summed E-state index contributed by atoms with van der Waals surface area (Å²) in [6, 6.07) is 0. The van der Waals surface area contributed by atoms with Crippen molar-refractivity contribution in [2.75, 3.05) is 0 Å². The molecule has 1 aliphatic rings. The third kappa shape index (κ3) is 0.846. The van der Waals surface area contributed by atoms with Gasteiger partial charge in [0.25, 0.3) is 0 Å². The fraction of sp³-hybridized carbons (Fsp3) is 0.571. The second kappa shape index (κ2) is 1.87. The Bertz CT molecular complexity index is 181. The molecule has 1 atom stereocenters. The van der Waals surface area contributed by atoms with E-state index in [1.165, 1.54) is 0 Å². The van der Waals surface area contributed by atoms with Crippen molar-refractivity contribution < 1.29 is 4.79 Å². The van der Waals surface area contributed by atoms with E-state index in [2.05, 4.69) is 0 Å². The summed E-state index contributed by atoms with van der Waals surface area (Å²) >= 11 is 0. The van der Waals surface area contributed by atoms with Crippen LogP contribution in [0.3, 0.4) is 0 Å². The molecule has 50 valence electrons. The molecule has 0 saturated carbocycles. The standard InChI is InChI=1S/C7H11NO/c1-4-3-5(2)6(4)7(8)9/h4H,3H2,1-2H3,(H2,8,9). The zero-order valence-electron chi connectivity index (χ0n) is 5.77. The number of hydrogen-bond donors (Lipinski definition) is 1. The van der Waals surface area contributed by atoms with E-state index in [-0.39, 0.29) is 5.91 Å². The Balaban J connectivity index is 2.80. The van der Waals surface area contributed by atoms with Crippen LogP contribution in [-0.4, -0.2) is 5.91 Å². The van der Waals surface area contributed by atoms with Gasteiger partial charge >= 0.3 is 0 Å². The number of amides is 1. The first-order chi connectivity index (χ1) is 4.13. The minimum atomic E-state index is -0.244. The normalized spacial score (nSPS) is 25.8. The second-order valence-electron chi connectivity index (χ2n) is 2.66. The zero-order valence-corrected chi connectivity index (χ0v) is 5.77. The first-order valence-electron chi connectivity index (χ1n) is 3.12. The summed E-state index contributed by atoms with van der Waals surface area (Å²) < 4.78 is 0. The molecule has 2 nitrogen and oxygen atoms in total. The van der Waals surface area contributed by atoms with Crippen LogP contribution in [0.5, 0.6) is 0 Å². The van der Waals surface area contributed by atoms with Crippen LogP contribution in [0, 0.1) is 5.92 Å². The molecule has 0 heterocycles. The van der Waals surface area contributed by atoms with Gasteiger partial charge in [0.15, 0.2) is 0 Å². The largest absolute Gasteiger partial charge is 0.366 e. The fourth-order valence-corrected chi connectivity index (χ4v) is 1.41. The van der Waals surface area contributed by atoms with Crippen LogP contribution in [0.4, 0.5) is 0 Å². The topological polar surface area (TPSA) is 43.1 Å². The lowest BCUT2D eigenvalue weighted by atomic mass is 9.79. The quantitative estimate of drug-likeness (QED) is 0.554. The Morgan fingerprint density at radius 1 is 1.78 bits per heavy atom. The van der Waals surface area contributed by atoms with Gasteiger partial charge in [0.2, 0.25) is 5.91 Å². The highest BCUT2D eigenvalue weighted by molar-refractivity contribution is 5.94. The molecule has 0 saturated heterocycles. The highest BCUT2D eigenvalue weighted by atomic mass is 16.1. The van der Waals surface area contributed by atoms with Gasteiger partial charge in [-0.2, -0.15) is 0 Å². The van der Waals surface area contributed by atoms with Gasteiger partial charge < -0.3 is 5.73 Å². The van der Waals surface area contributed by atoms with Crippen molar-refractivity contribution in [3.05, 3.63) is 11.1 Å². The molecule has 0 fully saturated rings. The maximum atomic E-state index is 10.6. The monoisotopic (exact) mass is 125 g/mol. The van der Waals surface area contributed by atoms with Crippen molar-refractivity contribution in [3.63, 3.8) is 0 Å². The van der Waals surface area contributed by atoms with Gasteiger partial charge in [0.05, 0.1) is 0 Å². The summed E-state index contributed by atoms with van der Waals surface area (Å²) in [6.45, 7) is 3.98. The molecule has 0 spiro atoms. The van der Waals surface area contributed by atoms with Gasteiger partial charge in [-0.05, 0) is 19.3 Å². The summed E-state index contributed by atoms with van der Waals surface area (Å²) in [6.07, 6.45) is 1.04. The summed E-state index contributed by atoms with van der Waals surface area (Å²) in [5.74, 6) is 0.161. The van der Waals surface area contributed by atoms with E-state index in [1.54, 1.807) is 0 Å². The van der Waals surface area contributed by atoms with E-state index in [9.17, 15) is 4.79 Å². The van der Waals surface area contributed by atoms with Crippen LogP contribution < -0.4 is 5.73 Å². The number of carbonyl (C=O) groups is 1. The Hall–Kier alpha value is -0.790. The molecule has 1 rings (SSSR count). The molecule has 2 N–H and O–H groups in total. The number of allylic oxidation sites excluding steroid dienone is 1. The van der Waals surface area contributed by atoms with Gasteiger partial charge in [-0.3, -0.25) is 4.79 Å². The molecule has 1 unspecified atom stereocenters. The Labute approximate surface area is 54.7 Å². The maximum absolute atomic E-state index is 10.6. The second-order valence-corrected chi connectivity index (χ2v) is 2.66. The molecule has 2 heteroatoms. The molecule has 1 aliphatic carbocycles. The predicted octanol–water partition coefficient (Wildman–Crippen LogP) is 0.828. The minimum Gasteiger partial charge on any atom is -0.366 e. The van der Waals surface area contributed by atoms with Crippen molar-refractivity contribution in [2.24, 2.45) is 11.7 Å². The van der Waals surface area contributed by atoms with E-state index >= 15 is 0 Å². The summed E-state index contributed by atoms with van der Waals surface area (Å²) in [7, 11) is 0. The number of carbonyl (C=O) groups excluding carboxylic acids is 1. The first kappa shape index (κ1) is 6.33. The Kier molecular flexibility index (Phi) is 1.31. The Morgan fingerprint density at radius 3 is 2.44 bits per heavy atom. The third-order valence-corrected chi connectivity index (χ3v) is 1.83. The lowest BCUT2D eigenvalue weighted by Crippen LogP contribution is -2.27. The molecule has 1 amide bonds. The lowest BCUT2D eigenvalue weighted by molar-refractivity contribution is -0.115. The average Bonchev–Trinajstić information content (AvgIpc) is 1.62. The molecular formula is C7H11NO. The fourth-order valence-electron chi connectivity index (χ4n) is 1.41. The highest BCUT2D eigenvalue weighted by Crippen LogP contribution is 2.32. The van der Waals surface area contributed by atoms with Crippen LogP contribution in [-0.2, 0) is 4.79 Å². The van der Waals surface area contributed by atoms with Crippen LogP contribution in [0.15, 0.2) is 11.1 Å². The van der Waals surface area contributed by atoms with Gasteiger partial charge in [0.1, 0.15) is 0 Å². The molecule has 0 aromatic heterocycles. The summed E-state index contributed by atoms with van der Waals surface area (Å²) in [5, 5.41) is 0. The molecule has 0 radical (unpaired) electrons. The van der Waals surface area contributed by atoms with E-state index in [0.29, 0.717) is 5.92 Å². The van der Waals surface area contributed by atoms with Gasteiger partial charge in [0, 0.05) is 5.57 Å². The minimum absolute atomic E-state index is 0.244. The lowest BCUT2D eigenvalue weighted by Gasteiger charge is -2.25. The smallest absolute Gasteiger partial charge is 0.244 e. The van der Waals surface area contributed by atoms with Crippen molar-refractivity contribution >= 4 is 5.91 Å². The van der Waals surface area contributed by atoms with Crippen LogP contribution in [0.2, 0.25) is 0 Å². The van der Waals surface area contributed by atoms with Crippen molar-refractivity contribution in [2.45, 2.75) is 20.3 Å². The highest BCUT2D eigenvalue weighted by Gasteiger charge is 2.25. The van der Waals surface area contributed by atoms with E-state index < -0.39 is 0 Å². The van der Waals surface area contributed by atoms with Crippen LogP contribution in [0.1, 0.15) is 20.3 Å². The van der Waals surface area contributed by atoms with Gasteiger partial charge in [-0.25, -0.2) is 0 Å². The summed E-state index contributed by atoms with van der Waals surface area (Å²) in [5.41, 5.74) is 7.09.